The Morgan fingerprint density at radius 1 is 1.12 bits per heavy atom. The Hall–Kier alpha value is -2.42. The van der Waals surface area contributed by atoms with E-state index in [0.29, 0.717) is 36.6 Å². The van der Waals surface area contributed by atoms with Gasteiger partial charge in [0.2, 0.25) is 10.0 Å². The van der Waals surface area contributed by atoms with Gasteiger partial charge in [-0.05, 0) is 60.9 Å². The second kappa shape index (κ2) is 10.2. The number of sulfonamides is 1. The van der Waals surface area contributed by atoms with Crippen LogP contribution in [0.1, 0.15) is 59.5 Å². The normalized spacial score (nSPS) is 20.0. The standard InChI is InChI=1S/C25H33N3O4S/c26-17-24(29)23(13-18-7-2-1-3-8-18)27-25(30)21-14-20(19-9-4-5-10-19)15-22(16-21)28-11-6-12-33(28,31)32/h1-3,7-8,14-16,19,23-24,29H,4-6,9-13,17,26H2,(H,27,30)/t23-,24+/m0/s1. The number of carbonyl (C=O) groups is 1. The number of nitrogens with zero attached hydrogens (tertiary/aromatic N) is 1. The molecule has 1 saturated heterocycles. The van der Waals surface area contributed by atoms with Crippen LogP contribution in [0.4, 0.5) is 5.69 Å². The van der Waals surface area contributed by atoms with Crippen LogP contribution in [0.2, 0.25) is 0 Å². The fraction of sp³-hybridized carbons (Fsp3) is 0.480. The van der Waals surface area contributed by atoms with Crippen molar-refractivity contribution in [3.63, 3.8) is 0 Å². The molecule has 0 bridgehead atoms. The zero-order chi connectivity index (χ0) is 23.4. The van der Waals surface area contributed by atoms with E-state index in [9.17, 15) is 18.3 Å². The van der Waals surface area contributed by atoms with Crippen LogP contribution in [0.3, 0.4) is 0 Å². The number of aliphatic hydroxyl groups excluding tert-OH is 1. The summed E-state index contributed by atoms with van der Waals surface area (Å²) in [5, 5.41) is 13.4. The van der Waals surface area contributed by atoms with E-state index in [1.165, 1.54) is 4.31 Å². The van der Waals surface area contributed by atoms with Gasteiger partial charge in [-0.25, -0.2) is 8.42 Å². The summed E-state index contributed by atoms with van der Waals surface area (Å²) in [7, 11) is -3.36. The first-order valence-electron chi connectivity index (χ1n) is 11.8. The Morgan fingerprint density at radius 2 is 1.85 bits per heavy atom. The summed E-state index contributed by atoms with van der Waals surface area (Å²) in [4.78, 5) is 13.3. The molecule has 1 heterocycles. The molecule has 8 heteroatoms. The van der Waals surface area contributed by atoms with Gasteiger partial charge < -0.3 is 16.2 Å². The lowest BCUT2D eigenvalue weighted by atomic mass is 9.94. The number of nitrogens with one attached hydrogen (secondary N) is 1. The highest BCUT2D eigenvalue weighted by molar-refractivity contribution is 7.93. The van der Waals surface area contributed by atoms with Crippen LogP contribution in [0, 0.1) is 0 Å². The van der Waals surface area contributed by atoms with E-state index in [0.717, 1.165) is 36.8 Å². The average molecular weight is 472 g/mol. The molecule has 1 aliphatic carbocycles. The molecule has 0 aromatic heterocycles. The SMILES string of the molecule is NC[C@@H](O)[C@H](Cc1ccccc1)NC(=O)c1cc(C2CCCC2)cc(N2CCCS2(=O)=O)c1. The number of rotatable bonds is 8. The number of benzene rings is 2. The fourth-order valence-electron chi connectivity index (χ4n) is 4.90. The lowest BCUT2D eigenvalue weighted by Crippen LogP contribution is -2.47. The molecule has 0 spiro atoms. The van der Waals surface area contributed by atoms with Gasteiger partial charge in [0.25, 0.3) is 5.91 Å². The molecule has 4 rings (SSSR count). The third-order valence-electron chi connectivity index (χ3n) is 6.74. The van der Waals surface area contributed by atoms with Gasteiger partial charge in [-0.1, -0.05) is 43.2 Å². The van der Waals surface area contributed by atoms with Crippen LogP contribution in [-0.4, -0.2) is 50.4 Å². The predicted octanol–water partition coefficient (Wildman–Crippen LogP) is 2.54. The van der Waals surface area contributed by atoms with Gasteiger partial charge in [-0.3, -0.25) is 9.10 Å². The number of amides is 1. The zero-order valence-corrected chi connectivity index (χ0v) is 19.6. The molecule has 33 heavy (non-hydrogen) atoms. The molecule has 178 valence electrons. The second-order valence-corrected chi connectivity index (χ2v) is 11.1. The molecule has 2 aliphatic rings. The predicted molar refractivity (Wildman–Crippen MR) is 130 cm³/mol. The van der Waals surface area contributed by atoms with Crippen LogP contribution in [-0.2, 0) is 16.4 Å². The van der Waals surface area contributed by atoms with Gasteiger partial charge in [-0.15, -0.1) is 0 Å². The van der Waals surface area contributed by atoms with Crippen molar-refractivity contribution in [3.8, 4) is 0 Å². The van der Waals surface area contributed by atoms with E-state index in [2.05, 4.69) is 5.32 Å². The Bertz CT molecular complexity index is 1070. The third kappa shape index (κ3) is 5.57. The number of hydrogen-bond donors (Lipinski definition) is 3. The van der Waals surface area contributed by atoms with E-state index < -0.39 is 22.2 Å². The molecule has 4 N–H and O–H groups in total. The first-order chi connectivity index (χ1) is 15.9. The number of anilines is 1. The van der Waals surface area contributed by atoms with Crippen molar-refractivity contribution in [2.45, 2.75) is 56.6 Å². The molecular formula is C25H33N3O4S. The Balaban J connectivity index is 1.63. The van der Waals surface area contributed by atoms with Crippen LogP contribution in [0.15, 0.2) is 48.5 Å². The third-order valence-corrected chi connectivity index (χ3v) is 8.61. The van der Waals surface area contributed by atoms with E-state index in [1.54, 1.807) is 6.07 Å². The number of nitrogens with two attached hydrogens (primary N) is 1. The molecular weight excluding hydrogens is 438 g/mol. The minimum Gasteiger partial charge on any atom is -0.390 e. The topological polar surface area (TPSA) is 113 Å². The first kappa shape index (κ1) is 23.7. The summed E-state index contributed by atoms with van der Waals surface area (Å²) in [5.41, 5.74) is 8.68. The molecule has 1 aliphatic heterocycles. The van der Waals surface area contributed by atoms with Gasteiger partial charge in [0, 0.05) is 18.7 Å². The quantitative estimate of drug-likeness (QED) is 0.548. The maximum absolute atomic E-state index is 13.3. The molecule has 7 nitrogen and oxygen atoms in total. The Kier molecular flexibility index (Phi) is 7.36. The largest absolute Gasteiger partial charge is 0.390 e. The molecule has 1 amide bonds. The van der Waals surface area contributed by atoms with Gasteiger partial charge in [0.1, 0.15) is 0 Å². The smallest absolute Gasteiger partial charge is 0.251 e. The summed E-state index contributed by atoms with van der Waals surface area (Å²) in [6, 6.07) is 14.5. The molecule has 2 fully saturated rings. The fourth-order valence-corrected chi connectivity index (χ4v) is 6.45. The van der Waals surface area contributed by atoms with E-state index in [1.807, 2.05) is 42.5 Å². The maximum atomic E-state index is 13.3. The molecule has 1 saturated carbocycles. The first-order valence-corrected chi connectivity index (χ1v) is 13.4. The number of hydrogen-bond acceptors (Lipinski definition) is 5. The lowest BCUT2D eigenvalue weighted by molar-refractivity contribution is 0.0845. The molecule has 2 aromatic rings. The second-order valence-electron chi connectivity index (χ2n) is 9.11. The molecule has 2 atom stereocenters. The highest BCUT2D eigenvalue weighted by Crippen LogP contribution is 2.37. The summed E-state index contributed by atoms with van der Waals surface area (Å²) < 4.78 is 26.6. The molecule has 2 aromatic carbocycles. The summed E-state index contributed by atoms with van der Waals surface area (Å²) in [6.45, 7) is 0.456. The van der Waals surface area contributed by atoms with Crippen molar-refractivity contribution in [2.24, 2.45) is 5.73 Å². The van der Waals surface area contributed by atoms with Gasteiger partial charge in [0.15, 0.2) is 0 Å². The highest BCUT2D eigenvalue weighted by atomic mass is 32.2. The highest BCUT2D eigenvalue weighted by Gasteiger charge is 2.31. The van der Waals surface area contributed by atoms with Crippen LogP contribution in [0.25, 0.3) is 0 Å². The summed E-state index contributed by atoms with van der Waals surface area (Å²) in [5.74, 6) is 0.127. The summed E-state index contributed by atoms with van der Waals surface area (Å²) >= 11 is 0. The van der Waals surface area contributed by atoms with Crippen molar-refractivity contribution in [1.82, 2.24) is 5.32 Å². The van der Waals surface area contributed by atoms with Crippen molar-refractivity contribution in [2.75, 3.05) is 23.1 Å². The lowest BCUT2D eigenvalue weighted by Gasteiger charge is -2.25. The van der Waals surface area contributed by atoms with Crippen LogP contribution >= 0.6 is 0 Å². The van der Waals surface area contributed by atoms with E-state index in [4.69, 9.17) is 5.73 Å². The van der Waals surface area contributed by atoms with Crippen molar-refractivity contribution >= 4 is 21.6 Å². The van der Waals surface area contributed by atoms with Gasteiger partial charge in [-0.2, -0.15) is 0 Å². The average Bonchev–Trinajstić information content (AvgIpc) is 3.48. The molecule has 0 unspecified atom stereocenters. The maximum Gasteiger partial charge on any atom is 0.251 e. The summed E-state index contributed by atoms with van der Waals surface area (Å²) in [6.07, 6.45) is 4.49. The minimum absolute atomic E-state index is 0.0250. The van der Waals surface area contributed by atoms with Crippen molar-refractivity contribution in [3.05, 3.63) is 65.2 Å². The van der Waals surface area contributed by atoms with Gasteiger partial charge in [0.05, 0.1) is 23.6 Å². The van der Waals surface area contributed by atoms with Gasteiger partial charge >= 0.3 is 0 Å². The molecule has 0 radical (unpaired) electrons. The van der Waals surface area contributed by atoms with Crippen molar-refractivity contribution < 1.29 is 18.3 Å². The van der Waals surface area contributed by atoms with Crippen molar-refractivity contribution in [1.29, 1.82) is 0 Å². The minimum atomic E-state index is -3.36. The van der Waals surface area contributed by atoms with E-state index >= 15 is 0 Å². The van der Waals surface area contributed by atoms with Crippen LogP contribution in [0.5, 0.6) is 0 Å². The zero-order valence-electron chi connectivity index (χ0n) is 18.8. The number of carbonyl (C=O) groups excluding carboxylic acids is 1. The Labute approximate surface area is 196 Å². The van der Waals surface area contributed by atoms with E-state index in [-0.39, 0.29) is 18.2 Å². The number of aliphatic hydroxyl groups is 1. The van der Waals surface area contributed by atoms with Crippen LogP contribution < -0.4 is 15.4 Å². The monoisotopic (exact) mass is 471 g/mol. The Morgan fingerprint density at radius 3 is 2.48 bits per heavy atom.